The van der Waals surface area contributed by atoms with Gasteiger partial charge in [-0.3, -0.25) is 4.57 Å². The largest absolute Gasteiger partial charge is 0.392 e. The van der Waals surface area contributed by atoms with Gasteiger partial charge in [-0.15, -0.1) is 0 Å². The van der Waals surface area contributed by atoms with Crippen LogP contribution in [-0.2, 0) is 6.61 Å². The van der Waals surface area contributed by atoms with Crippen LogP contribution in [-0.4, -0.2) is 19.6 Å². The number of aryl methyl sites for hydroxylation is 1. The molecule has 4 nitrogen and oxygen atoms in total. The molecule has 15 heavy (non-hydrogen) atoms. The fraction of sp³-hybridized carbons (Fsp3) is 0.200. The maximum atomic E-state index is 9.07. The monoisotopic (exact) mass is 223 g/mol. The average Bonchev–Trinajstić information content (AvgIpc) is 2.65. The lowest BCUT2D eigenvalue weighted by molar-refractivity contribution is 0.282. The van der Waals surface area contributed by atoms with E-state index in [1.54, 1.807) is 12.3 Å². The van der Waals surface area contributed by atoms with Crippen molar-refractivity contribution in [2.75, 3.05) is 0 Å². The number of aliphatic hydroxyl groups excluding tert-OH is 1. The van der Waals surface area contributed by atoms with Gasteiger partial charge in [-0.1, -0.05) is 11.6 Å². The number of rotatable bonds is 2. The molecule has 2 aromatic heterocycles. The summed E-state index contributed by atoms with van der Waals surface area (Å²) in [5.74, 6) is 1.55. The molecule has 5 heteroatoms. The fourth-order valence-electron chi connectivity index (χ4n) is 1.34. The Bertz CT molecular complexity index is 481. The number of pyridine rings is 1. The molecule has 0 aliphatic carbocycles. The van der Waals surface area contributed by atoms with Crippen molar-refractivity contribution in [1.82, 2.24) is 14.5 Å². The third kappa shape index (κ3) is 1.86. The Morgan fingerprint density at radius 3 is 2.87 bits per heavy atom. The zero-order chi connectivity index (χ0) is 10.8. The summed E-state index contributed by atoms with van der Waals surface area (Å²) in [4.78, 5) is 8.27. The van der Waals surface area contributed by atoms with Gasteiger partial charge in [0.25, 0.3) is 0 Å². The highest BCUT2D eigenvalue weighted by atomic mass is 35.5. The lowest BCUT2D eigenvalue weighted by Crippen LogP contribution is -2.00. The number of nitrogens with zero attached hydrogens (tertiary/aromatic N) is 3. The first-order valence-corrected chi connectivity index (χ1v) is 4.86. The van der Waals surface area contributed by atoms with Crippen LogP contribution in [0.4, 0.5) is 0 Å². The highest BCUT2D eigenvalue weighted by Gasteiger charge is 2.05. The summed E-state index contributed by atoms with van der Waals surface area (Å²) >= 11 is 5.85. The highest BCUT2D eigenvalue weighted by Crippen LogP contribution is 2.17. The van der Waals surface area contributed by atoms with Gasteiger partial charge in [-0.25, -0.2) is 9.97 Å². The van der Waals surface area contributed by atoms with Crippen molar-refractivity contribution in [1.29, 1.82) is 0 Å². The van der Waals surface area contributed by atoms with E-state index in [4.69, 9.17) is 16.7 Å². The van der Waals surface area contributed by atoms with Crippen molar-refractivity contribution in [3.05, 3.63) is 41.1 Å². The van der Waals surface area contributed by atoms with Crippen LogP contribution >= 0.6 is 11.6 Å². The molecule has 0 bridgehead atoms. The maximum Gasteiger partial charge on any atom is 0.138 e. The van der Waals surface area contributed by atoms with Crippen molar-refractivity contribution in [2.45, 2.75) is 13.5 Å². The second kappa shape index (κ2) is 4.00. The quantitative estimate of drug-likeness (QED) is 0.844. The Morgan fingerprint density at radius 2 is 2.27 bits per heavy atom. The molecule has 2 heterocycles. The van der Waals surface area contributed by atoms with Crippen molar-refractivity contribution in [3.63, 3.8) is 0 Å². The van der Waals surface area contributed by atoms with Crippen LogP contribution < -0.4 is 0 Å². The lowest BCUT2D eigenvalue weighted by atomic mass is 10.3. The first-order valence-electron chi connectivity index (χ1n) is 4.48. The normalized spacial score (nSPS) is 10.6. The summed E-state index contributed by atoms with van der Waals surface area (Å²) < 4.78 is 1.83. The zero-order valence-corrected chi connectivity index (χ0v) is 8.94. The molecule has 0 atom stereocenters. The molecule has 0 amide bonds. The van der Waals surface area contributed by atoms with Crippen molar-refractivity contribution in [3.8, 4) is 5.82 Å². The highest BCUT2D eigenvalue weighted by molar-refractivity contribution is 6.31. The van der Waals surface area contributed by atoms with E-state index in [-0.39, 0.29) is 6.61 Å². The summed E-state index contributed by atoms with van der Waals surface area (Å²) in [6.07, 6.45) is 5.04. The molecule has 0 radical (unpaired) electrons. The molecule has 0 saturated carbocycles. The molecule has 0 aliphatic rings. The van der Waals surface area contributed by atoms with Gasteiger partial charge in [-0.2, -0.15) is 0 Å². The molecule has 2 rings (SSSR count). The molecule has 0 aliphatic heterocycles. The van der Waals surface area contributed by atoms with Gasteiger partial charge >= 0.3 is 0 Å². The summed E-state index contributed by atoms with van der Waals surface area (Å²) in [6, 6.07) is 1.75. The van der Waals surface area contributed by atoms with Crippen LogP contribution in [0.15, 0.2) is 24.7 Å². The fourth-order valence-corrected chi connectivity index (χ4v) is 1.50. The second-order valence-corrected chi connectivity index (χ2v) is 3.54. The van der Waals surface area contributed by atoms with E-state index in [0.29, 0.717) is 16.4 Å². The SMILES string of the molecule is Cc1nccn1-c1cc(CO)c(Cl)cn1. The first-order chi connectivity index (χ1) is 7.22. The molecule has 0 saturated heterocycles. The van der Waals surface area contributed by atoms with E-state index in [0.717, 1.165) is 5.82 Å². The standard InChI is InChI=1S/C10H10ClN3O/c1-7-12-2-3-14(7)10-4-8(6-15)9(11)5-13-10/h2-5,15H,6H2,1H3. The summed E-state index contributed by atoms with van der Waals surface area (Å²) in [5.41, 5.74) is 0.662. The average molecular weight is 224 g/mol. The molecule has 0 aromatic carbocycles. The number of halogens is 1. The molecule has 0 fully saturated rings. The third-order valence-electron chi connectivity index (χ3n) is 2.16. The molecular formula is C10H10ClN3O. The van der Waals surface area contributed by atoms with Gasteiger partial charge < -0.3 is 5.11 Å². The van der Waals surface area contributed by atoms with Crippen LogP contribution in [0.1, 0.15) is 11.4 Å². The zero-order valence-electron chi connectivity index (χ0n) is 8.18. The van der Waals surface area contributed by atoms with Crippen LogP contribution in [0.25, 0.3) is 5.82 Å². The Labute approximate surface area is 92.2 Å². The molecule has 78 valence electrons. The van der Waals surface area contributed by atoms with Gasteiger partial charge in [0.15, 0.2) is 0 Å². The first kappa shape index (κ1) is 10.1. The smallest absolute Gasteiger partial charge is 0.138 e. The molecule has 0 spiro atoms. The van der Waals surface area contributed by atoms with Gasteiger partial charge in [0, 0.05) is 24.2 Å². The topological polar surface area (TPSA) is 50.9 Å². The van der Waals surface area contributed by atoms with E-state index in [2.05, 4.69) is 9.97 Å². The van der Waals surface area contributed by atoms with Gasteiger partial charge in [0.1, 0.15) is 11.6 Å². The number of aromatic nitrogens is 3. The van der Waals surface area contributed by atoms with Crippen LogP contribution in [0.5, 0.6) is 0 Å². The molecule has 2 aromatic rings. The van der Waals surface area contributed by atoms with E-state index in [1.165, 1.54) is 6.20 Å². The van der Waals surface area contributed by atoms with Gasteiger partial charge in [-0.05, 0) is 13.0 Å². The van der Waals surface area contributed by atoms with Crippen LogP contribution in [0, 0.1) is 6.92 Å². The van der Waals surface area contributed by atoms with Crippen molar-refractivity contribution < 1.29 is 5.11 Å². The van der Waals surface area contributed by atoms with E-state index < -0.39 is 0 Å². The minimum Gasteiger partial charge on any atom is -0.392 e. The van der Waals surface area contributed by atoms with E-state index in [1.807, 2.05) is 17.7 Å². The summed E-state index contributed by atoms with van der Waals surface area (Å²) in [5, 5.41) is 9.54. The number of hydrogen-bond acceptors (Lipinski definition) is 3. The molecule has 1 N–H and O–H groups in total. The minimum absolute atomic E-state index is 0.0951. The predicted molar refractivity (Wildman–Crippen MR) is 57.0 cm³/mol. The third-order valence-corrected chi connectivity index (χ3v) is 2.50. The predicted octanol–water partition coefficient (Wildman–Crippen LogP) is 1.72. The number of hydrogen-bond donors (Lipinski definition) is 1. The van der Waals surface area contributed by atoms with Crippen molar-refractivity contribution in [2.24, 2.45) is 0 Å². The minimum atomic E-state index is -0.0951. The summed E-state index contributed by atoms with van der Waals surface area (Å²) in [6.45, 7) is 1.79. The maximum absolute atomic E-state index is 9.07. The molecular weight excluding hydrogens is 214 g/mol. The van der Waals surface area contributed by atoms with E-state index >= 15 is 0 Å². The van der Waals surface area contributed by atoms with Crippen LogP contribution in [0.3, 0.4) is 0 Å². The molecule has 0 unspecified atom stereocenters. The lowest BCUT2D eigenvalue weighted by Gasteiger charge is -2.06. The Morgan fingerprint density at radius 1 is 1.47 bits per heavy atom. The van der Waals surface area contributed by atoms with Crippen molar-refractivity contribution >= 4 is 11.6 Å². The number of imidazole rings is 1. The Hall–Kier alpha value is -1.39. The van der Waals surface area contributed by atoms with Gasteiger partial charge in [0.2, 0.25) is 0 Å². The second-order valence-electron chi connectivity index (χ2n) is 3.14. The van der Waals surface area contributed by atoms with E-state index in [9.17, 15) is 0 Å². The Balaban J connectivity index is 2.51. The van der Waals surface area contributed by atoms with Crippen LogP contribution in [0.2, 0.25) is 5.02 Å². The number of aliphatic hydroxyl groups is 1. The summed E-state index contributed by atoms with van der Waals surface area (Å²) in [7, 11) is 0. The Kier molecular flexibility index (Phi) is 2.70. The van der Waals surface area contributed by atoms with Gasteiger partial charge in [0.05, 0.1) is 11.6 Å².